The van der Waals surface area contributed by atoms with Crippen molar-refractivity contribution in [1.82, 2.24) is 4.72 Å². The summed E-state index contributed by atoms with van der Waals surface area (Å²) in [6, 6.07) is 11.2. The average molecular weight is 434 g/mol. The van der Waals surface area contributed by atoms with Crippen molar-refractivity contribution in [1.29, 1.82) is 5.26 Å². The van der Waals surface area contributed by atoms with E-state index in [1.165, 1.54) is 4.90 Å². The summed E-state index contributed by atoms with van der Waals surface area (Å²) in [5, 5.41) is 8.95. The Morgan fingerprint density at radius 3 is 2.47 bits per heavy atom. The molecule has 9 heteroatoms. The molecule has 2 rings (SSSR count). The molecule has 0 fully saturated rings. The van der Waals surface area contributed by atoms with E-state index >= 15 is 0 Å². The van der Waals surface area contributed by atoms with Crippen molar-refractivity contribution in [3.05, 3.63) is 53.8 Å². The van der Waals surface area contributed by atoms with Gasteiger partial charge in [-0.2, -0.15) is 5.26 Å². The average Bonchev–Trinajstić information content (AvgIpc) is 2.68. The summed E-state index contributed by atoms with van der Waals surface area (Å²) in [6.45, 7) is 5.65. The zero-order chi connectivity index (χ0) is 22.3. The van der Waals surface area contributed by atoms with Crippen LogP contribution in [0.5, 0.6) is 5.75 Å². The number of halogens is 1. The van der Waals surface area contributed by atoms with Crippen LogP contribution in [0.3, 0.4) is 0 Å². The Balaban J connectivity index is 2.44. The Kier molecular flexibility index (Phi) is 7.92. The predicted octanol–water partition coefficient (Wildman–Crippen LogP) is 3.47. The van der Waals surface area contributed by atoms with E-state index in [1.807, 2.05) is 13.0 Å². The number of nitrogens with one attached hydrogen (secondary N) is 1. The molecule has 0 saturated heterocycles. The van der Waals surface area contributed by atoms with E-state index in [1.54, 1.807) is 38.1 Å². The van der Waals surface area contributed by atoms with Crippen LogP contribution >= 0.6 is 0 Å². The minimum absolute atomic E-state index is 0.0178. The van der Waals surface area contributed by atoms with E-state index in [-0.39, 0.29) is 23.9 Å². The lowest BCUT2D eigenvalue weighted by Gasteiger charge is -2.23. The van der Waals surface area contributed by atoms with Gasteiger partial charge in [0.2, 0.25) is 10.0 Å². The van der Waals surface area contributed by atoms with Crippen molar-refractivity contribution in [3.8, 4) is 11.8 Å². The zero-order valence-electron chi connectivity index (χ0n) is 17.1. The van der Waals surface area contributed by atoms with E-state index in [4.69, 9.17) is 10.00 Å². The van der Waals surface area contributed by atoms with Gasteiger partial charge < -0.3 is 9.64 Å². The SMILES string of the molecule is CCOc1ccc(N(CCC#N)C(=O)c2cc(S(=O)(=O)NC(C)C)ccc2F)cc1. The number of ether oxygens (including phenoxy) is 1. The van der Waals surface area contributed by atoms with Crippen LogP contribution < -0.4 is 14.4 Å². The molecule has 0 spiro atoms. The number of nitrogens with zero attached hydrogens (tertiary/aromatic N) is 2. The number of carbonyl (C=O) groups is 1. The molecule has 1 N–H and O–H groups in total. The van der Waals surface area contributed by atoms with Gasteiger partial charge in [0.05, 0.1) is 29.6 Å². The molecule has 0 aliphatic heterocycles. The summed E-state index contributed by atoms with van der Waals surface area (Å²) in [4.78, 5) is 14.1. The van der Waals surface area contributed by atoms with E-state index < -0.39 is 27.3 Å². The van der Waals surface area contributed by atoms with E-state index in [0.29, 0.717) is 18.0 Å². The Hall–Kier alpha value is -2.96. The quantitative estimate of drug-likeness (QED) is 0.653. The molecular formula is C21H24FN3O4S. The number of amides is 1. The highest BCUT2D eigenvalue weighted by Crippen LogP contribution is 2.24. The first kappa shape index (κ1) is 23.3. The van der Waals surface area contributed by atoms with E-state index in [2.05, 4.69) is 4.72 Å². The number of sulfonamides is 1. The third-order valence-corrected chi connectivity index (χ3v) is 5.68. The molecule has 0 heterocycles. The highest BCUT2D eigenvalue weighted by atomic mass is 32.2. The number of carbonyl (C=O) groups excluding carboxylic acids is 1. The van der Waals surface area contributed by atoms with Crippen molar-refractivity contribution < 1.29 is 22.3 Å². The Morgan fingerprint density at radius 2 is 1.90 bits per heavy atom. The molecule has 0 unspecified atom stereocenters. The fourth-order valence-electron chi connectivity index (χ4n) is 2.76. The molecule has 7 nitrogen and oxygen atoms in total. The first-order valence-electron chi connectivity index (χ1n) is 9.43. The third kappa shape index (κ3) is 5.78. The van der Waals surface area contributed by atoms with Gasteiger partial charge in [0.15, 0.2) is 0 Å². The second-order valence-electron chi connectivity index (χ2n) is 6.71. The molecule has 0 bridgehead atoms. The number of hydrogen-bond donors (Lipinski definition) is 1. The molecule has 2 aromatic carbocycles. The Labute approximate surface area is 176 Å². The minimum atomic E-state index is -3.91. The lowest BCUT2D eigenvalue weighted by molar-refractivity contribution is 0.0983. The zero-order valence-corrected chi connectivity index (χ0v) is 17.9. The second-order valence-corrected chi connectivity index (χ2v) is 8.42. The molecule has 1 amide bonds. The number of nitriles is 1. The summed E-state index contributed by atoms with van der Waals surface area (Å²) >= 11 is 0. The van der Waals surface area contributed by atoms with E-state index in [9.17, 15) is 17.6 Å². The van der Waals surface area contributed by atoms with Gasteiger partial charge in [0.25, 0.3) is 5.91 Å². The molecule has 0 radical (unpaired) electrons. The van der Waals surface area contributed by atoms with Crippen LogP contribution in [0.1, 0.15) is 37.6 Å². The fourth-order valence-corrected chi connectivity index (χ4v) is 4.03. The van der Waals surface area contributed by atoms with Gasteiger partial charge in [-0.3, -0.25) is 4.79 Å². The highest BCUT2D eigenvalue weighted by molar-refractivity contribution is 7.89. The van der Waals surface area contributed by atoms with Crippen molar-refractivity contribution >= 4 is 21.6 Å². The van der Waals surface area contributed by atoms with Crippen LogP contribution in [-0.4, -0.2) is 33.5 Å². The Morgan fingerprint density at radius 1 is 1.23 bits per heavy atom. The summed E-state index contributed by atoms with van der Waals surface area (Å²) in [7, 11) is -3.91. The van der Waals surface area contributed by atoms with Crippen LogP contribution in [0.4, 0.5) is 10.1 Å². The summed E-state index contributed by atoms with van der Waals surface area (Å²) in [5.41, 5.74) is 0.0418. The molecule has 0 aromatic heterocycles. The van der Waals surface area contributed by atoms with Crippen molar-refractivity contribution in [3.63, 3.8) is 0 Å². The number of anilines is 1. The maximum absolute atomic E-state index is 14.5. The topological polar surface area (TPSA) is 99.5 Å². The van der Waals surface area contributed by atoms with Crippen LogP contribution in [0.2, 0.25) is 0 Å². The first-order valence-corrected chi connectivity index (χ1v) is 10.9. The summed E-state index contributed by atoms with van der Waals surface area (Å²) in [6.07, 6.45) is 0.0213. The standard InChI is InChI=1S/C21H24FN3O4S/c1-4-29-17-8-6-16(7-9-17)25(13-5-12-23)21(26)19-14-18(10-11-20(19)22)30(27,28)24-15(2)3/h6-11,14-15,24H,4-5,13H2,1-3H3. The highest BCUT2D eigenvalue weighted by Gasteiger charge is 2.24. The molecule has 2 aromatic rings. The van der Waals surface area contributed by atoms with Crippen molar-refractivity contribution in [2.24, 2.45) is 0 Å². The van der Waals surface area contributed by atoms with Gasteiger partial charge in [-0.1, -0.05) is 0 Å². The lowest BCUT2D eigenvalue weighted by atomic mass is 10.1. The van der Waals surface area contributed by atoms with Gasteiger partial charge in [-0.25, -0.2) is 17.5 Å². The molecule has 0 atom stereocenters. The van der Waals surface area contributed by atoms with Gasteiger partial charge in [-0.15, -0.1) is 0 Å². The smallest absolute Gasteiger partial charge is 0.261 e. The summed E-state index contributed by atoms with van der Waals surface area (Å²) in [5.74, 6) is -0.988. The second kappa shape index (κ2) is 10.2. The number of hydrogen-bond acceptors (Lipinski definition) is 5. The maximum Gasteiger partial charge on any atom is 0.261 e. The van der Waals surface area contributed by atoms with Crippen LogP contribution in [-0.2, 0) is 10.0 Å². The normalized spacial score (nSPS) is 11.2. The van der Waals surface area contributed by atoms with Crippen LogP contribution in [0.15, 0.2) is 47.4 Å². The largest absolute Gasteiger partial charge is 0.494 e. The summed E-state index contributed by atoms with van der Waals surface area (Å²) < 4.78 is 47.1. The molecule has 160 valence electrons. The fraction of sp³-hybridized carbons (Fsp3) is 0.333. The van der Waals surface area contributed by atoms with Gasteiger partial charge in [-0.05, 0) is 63.2 Å². The monoisotopic (exact) mass is 433 g/mol. The number of rotatable bonds is 9. The molecular weight excluding hydrogens is 409 g/mol. The van der Waals surface area contributed by atoms with Gasteiger partial charge >= 0.3 is 0 Å². The molecule has 0 saturated carbocycles. The predicted molar refractivity (Wildman–Crippen MR) is 111 cm³/mol. The minimum Gasteiger partial charge on any atom is -0.494 e. The van der Waals surface area contributed by atoms with Crippen LogP contribution in [0, 0.1) is 17.1 Å². The van der Waals surface area contributed by atoms with Gasteiger partial charge in [0, 0.05) is 18.3 Å². The van der Waals surface area contributed by atoms with Crippen molar-refractivity contribution in [2.45, 2.75) is 38.1 Å². The third-order valence-electron chi connectivity index (χ3n) is 4.02. The van der Waals surface area contributed by atoms with Crippen molar-refractivity contribution in [2.75, 3.05) is 18.1 Å². The van der Waals surface area contributed by atoms with E-state index in [0.717, 1.165) is 18.2 Å². The number of benzene rings is 2. The lowest BCUT2D eigenvalue weighted by Crippen LogP contribution is -2.33. The molecule has 30 heavy (non-hydrogen) atoms. The molecule has 0 aliphatic rings. The maximum atomic E-state index is 14.5. The first-order chi connectivity index (χ1) is 14.2. The van der Waals surface area contributed by atoms with Gasteiger partial charge in [0.1, 0.15) is 11.6 Å². The van der Waals surface area contributed by atoms with Crippen LogP contribution in [0.25, 0.3) is 0 Å². The Bertz CT molecular complexity index is 1030. The molecule has 0 aliphatic carbocycles.